The lowest BCUT2D eigenvalue weighted by atomic mass is 9.99. The number of hydrogen-bond donors (Lipinski definition) is 2. The van der Waals surface area contributed by atoms with Gasteiger partial charge < -0.3 is 14.5 Å². The number of ether oxygens (including phenoxy) is 2. The average Bonchev–Trinajstić information content (AvgIpc) is 3.32. The third-order valence-electron chi connectivity index (χ3n) is 5.46. The number of fused-ring (bicyclic) bond motifs is 1. The quantitative estimate of drug-likeness (QED) is 0.138. The lowest BCUT2D eigenvalue weighted by Crippen LogP contribution is -2.20. The number of benzene rings is 2. The molecule has 0 unspecified atom stereocenters. The Morgan fingerprint density at radius 2 is 1.92 bits per heavy atom. The summed E-state index contributed by atoms with van der Waals surface area (Å²) in [5.41, 5.74) is 6.08. The smallest absolute Gasteiger partial charge is 0.260 e. The summed E-state index contributed by atoms with van der Waals surface area (Å²) in [6.07, 6.45) is 1.51. The summed E-state index contributed by atoms with van der Waals surface area (Å²) >= 11 is 2.55. The molecule has 4 rings (SSSR count). The van der Waals surface area contributed by atoms with Crippen LogP contribution in [0, 0.1) is 0 Å². The highest BCUT2D eigenvalue weighted by Crippen LogP contribution is 2.32. The molecule has 0 bridgehead atoms. The molecule has 0 fully saturated rings. The molecule has 0 radical (unpaired) electrons. The molecular formula is C26H26N4O4S2. The van der Waals surface area contributed by atoms with Gasteiger partial charge in [-0.15, -0.1) is 11.3 Å². The summed E-state index contributed by atoms with van der Waals surface area (Å²) in [5.74, 6) is 1.34. The second kappa shape index (κ2) is 11.4. The van der Waals surface area contributed by atoms with E-state index in [1.807, 2.05) is 17.5 Å². The van der Waals surface area contributed by atoms with E-state index < -0.39 is 0 Å². The zero-order valence-corrected chi connectivity index (χ0v) is 22.0. The predicted octanol–water partition coefficient (Wildman–Crippen LogP) is 5.03. The maximum absolute atomic E-state index is 12.9. The fourth-order valence-corrected chi connectivity index (χ4v) is 5.19. The molecule has 1 amide bonds. The Morgan fingerprint density at radius 3 is 2.61 bits per heavy atom. The summed E-state index contributed by atoms with van der Waals surface area (Å²) in [4.78, 5) is 33.1. The van der Waals surface area contributed by atoms with Crippen molar-refractivity contribution < 1.29 is 14.3 Å². The van der Waals surface area contributed by atoms with E-state index in [9.17, 15) is 9.59 Å². The summed E-state index contributed by atoms with van der Waals surface area (Å²) < 4.78 is 10.5. The summed E-state index contributed by atoms with van der Waals surface area (Å²) in [6.45, 7) is 4.29. The number of aromatic amines is 1. The number of hydrogen-bond acceptors (Lipinski definition) is 8. The van der Waals surface area contributed by atoms with Crippen LogP contribution in [0.2, 0.25) is 0 Å². The topological polar surface area (TPSA) is 106 Å². The zero-order valence-electron chi connectivity index (χ0n) is 20.3. The molecule has 0 aliphatic rings. The van der Waals surface area contributed by atoms with Crippen LogP contribution in [0.25, 0.3) is 21.3 Å². The normalized spacial score (nSPS) is 11.4. The molecule has 0 saturated heterocycles. The van der Waals surface area contributed by atoms with Crippen molar-refractivity contribution >= 4 is 45.4 Å². The number of carbonyl (C=O) groups excluding carboxylic acids is 1. The first-order valence-corrected chi connectivity index (χ1v) is 13.0. The van der Waals surface area contributed by atoms with Gasteiger partial charge in [-0.1, -0.05) is 49.9 Å². The molecule has 2 aromatic carbocycles. The Labute approximate surface area is 216 Å². The number of amides is 1. The summed E-state index contributed by atoms with van der Waals surface area (Å²) in [6, 6.07) is 13.5. The van der Waals surface area contributed by atoms with Crippen LogP contribution < -0.4 is 20.5 Å². The predicted molar refractivity (Wildman–Crippen MR) is 146 cm³/mol. The molecule has 2 heterocycles. The molecule has 4 aromatic rings. The van der Waals surface area contributed by atoms with Gasteiger partial charge in [0.1, 0.15) is 4.83 Å². The number of carbonyl (C=O) groups is 1. The van der Waals surface area contributed by atoms with Crippen molar-refractivity contribution in [1.82, 2.24) is 15.4 Å². The van der Waals surface area contributed by atoms with E-state index in [0.29, 0.717) is 32.8 Å². The molecule has 0 aliphatic carbocycles. The number of hydrazone groups is 1. The van der Waals surface area contributed by atoms with Crippen LogP contribution in [-0.4, -0.2) is 42.1 Å². The van der Waals surface area contributed by atoms with Gasteiger partial charge in [-0.3, -0.25) is 9.59 Å². The van der Waals surface area contributed by atoms with Gasteiger partial charge in [0.05, 0.1) is 31.6 Å². The van der Waals surface area contributed by atoms with E-state index in [4.69, 9.17) is 9.47 Å². The Bertz CT molecular complexity index is 1460. The third-order valence-corrected chi connectivity index (χ3v) is 7.21. The Morgan fingerprint density at radius 1 is 1.17 bits per heavy atom. The number of methoxy groups -OCH3 is 2. The lowest BCUT2D eigenvalue weighted by Gasteiger charge is -2.07. The molecule has 186 valence electrons. The summed E-state index contributed by atoms with van der Waals surface area (Å²) in [5, 5.41) is 6.87. The third kappa shape index (κ3) is 5.77. The first kappa shape index (κ1) is 25.5. The second-order valence-corrected chi connectivity index (χ2v) is 10.00. The average molecular weight is 523 g/mol. The van der Waals surface area contributed by atoms with E-state index in [1.54, 1.807) is 32.4 Å². The largest absolute Gasteiger partial charge is 0.493 e. The van der Waals surface area contributed by atoms with Crippen LogP contribution >= 0.6 is 23.1 Å². The van der Waals surface area contributed by atoms with E-state index >= 15 is 0 Å². The van der Waals surface area contributed by atoms with Crippen molar-refractivity contribution in [2.45, 2.75) is 24.9 Å². The van der Waals surface area contributed by atoms with Gasteiger partial charge in [-0.2, -0.15) is 5.10 Å². The fraction of sp³-hybridized carbons (Fsp3) is 0.231. The number of nitrogens with zero attached hydrogens (tertiary/aromatic N) is 2. The van der Waals surface area contributed by atoms with Crippen LogP contribution in [-0.2, 0) is 4.79 Å². The number of H-pyrrole nitrogens is 1. The van der Waals surface area contributed by atoms with E-state index in [0.717, 1.165) is 28.5 Å². The highest BCUT2D eigenvalue weighted by Gasteiger charge is 2.14. The summed E-state index contributed by atoms with van der Waals surface area (Å²) in [7, 11) is 3.11. The van der Waals surface area contributed by atoms with Crippen LogP contribution in [0.5, 0.6) is 11.5 Å². The molecule has 2 N–H and O–H groups in total. The van der Waals surface area contributed by atoms with Crippen LogP contribution in [0.15, 0.2) is 62.9 Å². The molecule has 10 heteroatoms. The SMILES string of the molecule is COc1ccc(/C=N/NC(=O)CSc2nc3scc(-c4ccc(C(C)C)cc4)c3c(=O)[nH]2)cc1OC. The van der Waals surface area contributed by atoms with Crippen molar-refractivity contribution in [3.8, 4) is 22.6 Å². The van der Waals surface area contributed by atoms with Crippen molar-refractivity contribution in [2.24, 2.45) is 5.10 Å². The monoisotopic (exact) mass is 522 g/mol. The fourth-order valence-electron chi connectivity index (χ4n) is 3.54. The minimum atomic E-state index is -0.323. The highest BCUT2D eigenvalue weighted by molar-refractivity contribution is 7.99. The van der Waals surface area contributed by atoms with Crippen molar-refractivity contribution in [3.05, 3.63) is 69.3 Å². The minimum absolute atomic E-state index is 0.0482. The van der Waals surface area contributed by atoms with Crippen molar-refractivity contribution in [1.29, 1.82) is 0 Å². The number of nitrogens with one attached hydrogen (secondary N) is 2. The Hall–Kier alpha value is -3.63. The van der Waals surface area contributed by atoms with Crippen molar-refractivity contribution in [3.63, 3.8) is 0 Å². The van der Waals surface area contributed by atoms with Gasteiger partial charge in [-0.05, 0) is 40.8 Å². The number of thioether (sulfide) groups is 1. The van der Waals surface area contributed by atoms with Gasteiger partial charge in [0.2, 0.25) is 0 Å². The Kier molecular flexibility index (Phi) is 8.07. The number of aromatic nitrogens is 2. The molecule has 0 aliphatic heterocycles. The van der Waals surface area contributed by atoms with E-state index in [-0.39, 0.29) is 17.2 Å². The van der Waals surface area contributed by atoms with Crippen molar-refractivity contribution in [2.75, 3.05) is 20.0 Å². The van der Waals surface area contributed by atoms with E-state index in [2.05, 4.69) is 46.5 Å². The molecule has 8 nitrogen and oxygen atoms in total. The maximum Gasteiger partial charge on any atom is 0.260 e. The van der Waals surface area contributed by atoms with Gasteiger partial charge in [0.25, 0.3) is 11.5 Å². The first-order chi connectivity index (χ1) is 17.4. The van der Waals surface area contributed by atoms with Gasteiger partial charge in [-0.25, -0.2) is 10.4 Å². The molecule has 36 heavy (non-hydrogen) atoms. The highest BCUT2D eigenvalue weighted by atomic mass is 32.2. The minimum Gasteiger partial charge on any atom is -0.493 e. The number of rotatable bonds is 9. The maximum atomic E-state index is 12.9. The first-order valence-electron chi connectivity index (χ1n) is 11.2. The molecule has 0 spiro atoms. The lowest BCUT2D eigenvalue weighted by molar-refractivity contribution is -0.118. The zero-order chi connectivity index (χ0) is 25.7. The molecule has 2 aromatic heterocycles. The van der Waals surface area contributed by atoms with Crippen LogP contribution in [0.4, 0.5) is 0 Å². The second-order valence-electron chi connectivity index (χ2n) is 8.17. The number of thiophene rings is 1. The van der Waals surface area contributed by atoms with E-state index in [1.165, 1.54) is 23.1 Å². The molecule has 0 atom stereocenters. The van der Waals surface area contributed by atoms with Gasteiger partial charge in [0, 0.05) is 10.9 Å². The van der Waals surface area contributed by atoms with Gasteiger partial charge in [0.15, 0.2) is 16.7 Å². The van der Waals surface area contributed by atoms with Crippen LogP contribution in [0.3, 0.4) is 0 Å². The van der Waals surface area contributed by atoms with Gasteiger partial charge >= 0.3 is 0 Å². The van der Waals surface area contributed by atoms with Crippen LogP contribution in [0.1, 0.15) is 30.9 Å². The Balaban J connectivity index is 1.40. The standard InChI is InChI=1S/C26H26N4O4S2/c1-15(2)17-6-8-18(9-7-17)19-13-35-25-23(19)24(32)28-26(29-25)36-14-22(31)30-27-12-16-5-10-20(33-3)21(11-16)34-4/h5-13,15H,14H2,1-4H3,(H,30,31)(H,28,29,32)/b27-12+. The molecular weight excluding hydrogens is 496 g/mol. The molecule has 0 saturated carbocycles.